The summed E-state index contributed by atoms with van der Waals surface area (Å²) < 4.78 is 11.5. The molecule has 0 aliphatic carbocycles. The van der Waals surface area contributed by atoms with Gasteiger partial charge in [-0.1, -0.05) is 110 Å². The van der Waals surface area contributed by atoms with E-state index in [-0.39, 0.29) is 26.5 Å². The molecule has 0 unspecified atom stereocenters. The van der Waals surface area contributed by atoms with Crippen LogP contribution in [0.15, 0.2) is 146 Å². The van der Waals surface area contributed by atoms with Crippen molar-refractivity contribution < 1.29 is 25.8 Å². The number of benzene rings is 6. The van der Waals surface area contributed by atoms with Crippen molar-refractivity contribution in [2.75, 3.05) is 9.80 Å². The van der Waals surface area contributed by atoms with Crippen molar-refractivity contribution in [1.82, 2.24) is 19.1 Å². The molecule has 0 saturated heterocycles. The summed E-state index contributed by atoms with van der Waals surface area (Å²) >= 11 is 0. The quantitative estimate of drug-likeness (QED) is 0.155. The number of pyridine rings is 2. The van der Waals surface area contributed by atoms with E-state index in [4.69, 9.17) is 14.7 Å². The zero-order valence-corrected chi connectivity index (χ0v) is 37.6. The minimum Gasteiger partial charge on any atom is -0.509 e. The zero-order valence-electron chi connectivity index (χ0n) is 35.3. The molecule has 308 valence electrons. The van der Waals surface area contributed by atoms with Crippen LogP contribution in [-0.2, 0) is 26.5 Å². The van der Waals surface area contributed by atoms with Gasteiger partial charge in [0.25, 0.3) is 0 Å². The second-order valence-corrected chi connectivity index (χ2v) is 17.1. The minimum absolute atomic E-state index is 0. The van der Waals surface area contributed by atoms with Gasteiger partial charge in [0, 0.05) is 67.4 Å². The molecular formula is C54H43N6OPt-3. The van der Waals surface area contributed by atoms with E-state index in [9.17, 15) is 0 Å². The number of fused-ring (bicyclic) bond motifs is 7. The summed E-state index contributed by atoms with van der Waals surface area (Å²) in [5.41, 5.74) is 12.8. The van der Waals surface area contributed by atoms with Gasteiger partial charge in [-0.25, -0.2) is 9.97 Å². The smallest absolute Gasteiger partial charge is 0.135 e. The van der Waals surface area contributed by atoms with Crippen LogP contribution in [0, 0.1) is 39.6 Å². The monoisotopic (exact) mass is 986 g/mol. The van der Waals surface area contributed by atoms with Gasteiger partial charge >= 0.3 is 0 Å². The van der Waals surface area contributed by atoms with Crippen LogP contribution in [0.4, 0.5) is 22.9 Å². The van der Waals surface area contributed by atoms with Crippen molar-refractivity contribution in [2.24, 2.45) is 0 Å². The average Bonchev–Trinajstić information content (AvgIpc) is 3.91. The summed E-state index contributed by atoms with van der Waals surface area (Å²) in [7, 11) is 0. The largest absolute Gasteiger partial charge is 0.509 e. The fourth-order valence-corrected chi connectivity index (χ4v) is 9.26. The van der Waals surface area contributed by atoms with Crippen LogP contribution in [-0.4, -0.2) is 19.1 Å². The van der Waals surface area contributed by atoms with Gasteiger partial charge in [0.2, 0.25) is 0 Å². The summed E-state index contributed by atoms with van der Waals surface area (Å²) in [4.78, 5) is 14.3. The van der Waals surface area contributed by atoms with Gasteiger partial charge in [-0.2, -0.15) is 6.07 Å². The third kappa shape index (κ3) is 6.37. The number of aromatic nitrogens is 4. The van der Waals surface area contributed by atoms with Crippen molar-refractivity contribution in [3.8, 4) is 23.0 Å². The van der Waals surface area contributed by atoms with E-state index in [0.29, 0.717) is 11.5 Å². The van der Waals surface area contributed by atoms with E-state index >= 15 is 0 Å². The average molecular weight is 987 g/mol. The first-order valence-electron chi connectivity index (χ1n) is 20.7. The number of rotatable bonds is 6. The first-order chi connectivity index (χ1) is 29.6. The molecular weight excluding hydrogens is 944 g/mol. The third-order valence-corrected chi connectivity index (χ3v) is 11.9. The van der Waals surface area contributed by atoms with Crippen molar-refractivity contribution in [3.05, 3.63) is 187 Å². The molecule has 0 saturated carbocycles. The van der Waals surface area contributed by atoms with Gasteiger partial charge in [0.15, 0.2) is 0 Å². The molecule has 4 aromatic heterocycles. The van der Waals surface area contributed by atoms with Crippen LogP contribution in [0.5, 0.6) is 11.5 Å². The Hall–Kier alpha value is -6.69. The molecule has 1 aliphatic heterocycles. The molecule has 0 fully saturated rings. The second-order valence-electron chi connectivity index (χ2n) is 17.1. The molecule has 1 aliphatic rings. The SMILES string of the molecule is Cc1cc(C)c(N2[CH-]N(c3[c-]c(Oc4[c-]c5c(cc4)c4ccccc4n5-c4cc(C(C)(C)C)ccn4)cc4c3c3ccccc3n4-c3ccccc3)c3ncccc32)c(C)c1.[Pt]. The molecule has 8 heteroatoms. The third-order valence-electron chi connectivity index (χ3n) is 11.9. The van der Waals surface area contributed by atoms with Gasteiger partial charge in [0.05, 0.1) is 5.69 Å². The number of nitrogens with zero attached hydrogens (tertiary/aromatic N) is 6. The van der Waals surface area contributed by atoms with E-state index < -0.39 is 0 Å². The summed E-state index contributed by atoms with van der Waals surface area (Å²) in [6.45, 7) is 15.3. The predicted molar refractivity (Wildman–Crippen MR) is 249 cm³/mol. The molecule has 5 heterocycles. The van der Waals surface area contributed by atoms with Crippen LogP contribution in [0.25, 0.3) is 55.1 Å². The molecule has 0 amide bonds. The van der Waals surface area contributed by atoms with Gasteiger partial charge < -0.3 is 23.7 Å². The zero-order chi connectivity index (χ0) is 41.6. The molecule has 11 rings (SSSR count). The maximum atomic E-state index is 6.96. The molecule has 10 aromatic rings. The van der Waals surface area contributed by atoms with Crippen molar-refractivity contribution in [1.29, 1.82) is 0 Å². The molecule has 6 aromatic carbocycles. The van der Waals surface area contributed by atoms with Crippen molar-refractivity contribution in [2.45, 2.75) is 47.0 Å². The van der Waals surface area contributed by atoms with E-state index in [0.717, 1.165) is 78.0 Å². The fourth-order valence-electron chi connectivity index (χ4n) is 9.26. The number of para-hydroxylation sites is 3. The Morgan fingerprint density at radius 1 is 0.597 bits per heavy atom. The summed E-state index contributed by atoms with van der Waals surface area (Å²) in [5, 5.41) is 4.36. The predicted octanol–water partition coefficient (Wildman–Crippen LogP) is 13.7. The Balaban J connectivity index is 0.00000458. The maximum absolute atomic E-state index is 6.96. The van der Waals surface area contributed by atoms with Gasteiger partial charge in [0.1, 0.15) is 11.6 Å². The number of anilines is 4. The Bertz CT molecular complexity index is 3340. The number of ether oxygens (including phenoxy) is 1. The molecule has 0 atom stereocenters. The molecule has 7 nitrogen and oxygen atoms in total. The van der Waals surface area contributed by atoms with Crippen LogP contribution in [0.2, 0.25) is 0 Å². The number of hydrogen-bond acceptors (Lipinski definition) is 5. The summed E-state index contributed by atoms with van der Waals surface area (Å²) in [6.07, 6.45) is 3.76. The Morgan fingerprint density at radius 3 is 2.06 bits per heavy atom. The van der Waals surface area contributed by atoms with Gasteiger partial charge in [-0.15, -0.1) is 36.3 Å². The summed E-state index contributed by atoms with van der Waals surface area (Å²) in [6, 6.07) is 54.2. The van der Waals surface area contributed by atoms with Crippen molar-refractivity contribution >= 4 is 66.5 Å². The van der Waals surface area contributed by atoms with Gasteiger partial charge in [-0.05, 0) is 108 Å². The normalized spacial score (nSPS) is 12.7. The maximum Gasteiger partial charge on any atom is 0.135 e. The molecule has 62 heavy (non-hydrogen) atoms. The Kier molecular flexibility index (Phi) is 9.57. The van der Waals surface area contributed by atoms with E-state index in [1.165, 1.54) is 22.3 Å². The minimum atomic E-state index is -0.0412. The number of aryl methyl sites for hydroxylation is 3. The van der Waals surface area contributed by atoms with Crippen LogP contribution in [0.1, 0.15) is 43.0 Å². The topological polar surface area (TPSA) is 51.4 Å². The van der Waals surface area contributed by atoms with Crippen LogP contribution >= 0.6 is 0 Å². The standard InChI is InChI=1S/C54H43N6O.Pt/c1-34-27-35(2)52(36(3)28-34)57-33-58(53-46(57)21-14-25-56-53)48-31-40(32-49-51(48)43-18-11-13-20-45(43)59(49)38-15-8-7-9-16-38)61-39-22-23-42-41-17-10-12-19-44(41)60(47(42)30-39)50-29-37(24-26-55-50)54(4,5)6;/h7-29,32-33H,1-6H3;/q-3;. The summed E-state index contributed by atoms with van der Waals surface area (Å²) in [5.74, 6) is 2.79. The Labute approximate surface area is 376 Å². The van der Waals surface area contributed by atoms with Crippen LogP contribution in [0.3, 0.4) is 0 Å². The molecule has 0 radical (unpaired) electrons. The first-order valence-corrected chi connectivity index (χ1v) is 20.7. The molecule has 0 spiro atoms. The van der Waals surface area contributed by atoms with Crippen LogP contribution < -0.4 is 14.5 Å². The van der Waals surface area contributed by atoms with E-state index in [2.05, 4.69) is 201 Å². The molecule has 0 bridgehead atoms. The van der Waals surface area contributed by atoms with Gasteiger partial charge in [-0.3, -0.25) is 0 Å². The Morgan fingerprint density at radius 2 is 1.31 bits per heavy atom. The van der Waals surface area contributed by atoms with E-state index in [1.807, 2.05) is 24.5 Å². The van der Waals surface area contributed by atoms with E-state index in [1.54, 1.807) is 0 Å². The fraction of sp³-hybridized carbons (Fsp3) is 0.130. The molecule has 0 N–H and O–H groups in total. The second kappa shape index (κ2) is 15.0. The number of hydrogen-bond donors (Lipinski definition) is 0. The van der Waals surface area contributed by atoms with Crippen molar-refractivity contribution in [3.63, 3.8) is 0 Å². The first kappa shape index (κ1) is 39.4.